The number of benzene rings is 1. The zero-order valence-electron chi connectivity index (χ0n) is 16.0. The standard InChI is InChI=1S/C22H23N3O2S/c1-3-25-21(20(24-22(25)28)17-7-5-6-14-23-17)19-13-12-18(27-19)15-8-10-16(11-9-15)26-4-2/h5-14,20-21H,3-4H2,1-2H3,(H,24,28). The normalized spacial score (nSPS) is 18.9. The van der Waals surface area contributed by atoms with E-state index < -0.39 is 0 Å². The summed E-state index contributed by atoms with van der Waals surface area (Å²) in [6.45, 7) is 5.52. The summed E-state index contributed by atoms with van der Waals surface area (Å²) in [5.41, 5.74) is 1.96. The SMILES string of the molecule is CCOc1ccc(-c2ccc(C3C(c4ccccn4)NC(=S)N3CC)o2)cc1. The number of hydrogen-bond acceptors (Lipinski definition) is 4. The van der Waals surface area contributed by atoms with Crippen LogP contribution in [0.1, 0.15) is 37.4 Å². The van der Waals surface area contributed by atoms with Crippen LogP contribution in [0.2, 0.25) is 0 Å². The zero-order chi connectivity index (χ0) is 19.5. The number of likely N-dealkylation sites (N-methyl/N-ethyl adjacent to an activating group) is 1. The van der Waals surface area contributed by atoms with Crippen molar-refractivity contribution in [2.24, 2.45) is 0 Å². The molecule has 1 aliphatic heterocycles. The van der Waals surface area contributed by atoms with Crippen molar-refractivity contribution in [1.82, 2.24) is 15.2 Å². The van der Waals surface area contributed by atoms with Gasteiger partial charge in [-0.25, -0.2) is 0 Å². The molecule has 1 aromatic carbocycles. The van der Waals surface area contributed by atoms with Crippen LogP contribution in [0.5, 0.6) is 5.75 Å². The molecule has 3 aromatic rings. The Bertz CT molecular complexity index is 940. The Hall–Kier alpha value is -2.86. The van der Waals surface area contributed by atoms with E-state index in [1.165, 1.54) is 0 Å². The van der Waals surface area contributed by atoms with Crippen LogP contribution in [0.25, 0.3) is 11.3 Å². The van der Waals surface area contributed by atoms with Crippen LogP contribution in [-0.2, 0) is 0 Å². The van der Waals surface area contributed by atoms with Crippen molar-refractivity contribution >= 4 is 17.3 Å². The molecule has 2 atom stereocenters. The van der Waals surface area contributed by atoms with Crippen molar-refractivity contribution in [3.05, 3.63) is 72.2 Å². The maximum atomic E-state index is 6.28. The maximum absolute atomic E-state index is 6.28. The maximum Gasteiger partial charge on any atom is 0.170 e. The fourth-order valence-electron chi connectivity index (χ4n) is 3.60. The van der Waals surface area contributed by atoms with Crippen LogP contribution < -0.4 is 10.1 Å². The second-order valence-electron chi connectivity index (χ2n) is 6.57. The molecule has 0 bridgehead atoms. The first-order chi connectivity index (χ1) is 13.7. The van der Waals surface area contributed by atoms with E-state index in [9.17, 15) is 0 Å². The lowest BCUT2D eigenvalue weighted by molar-refractivity contribution is 0.284. The van der Waals surface area contributed by atoms with E-state index in [2.05, 4.69) is 22.1 Å². The number of thiocarbonyl (C=S) groups is 1. The fraction of sp³-hybridized carbons (Fsp3) is 0.273. The first kappa shape index (κ1) is 18.5. The van der Waals surface area contributed by atoms with Crippen molar-refractivity contribution in [2.75, 3.05) is 13.2 Å². The zero-order valence-corrected chi connectivity index (χ0v) is 16.8. The van der Waals surface area contributed by atoms with Gasteiger partial charge in [0.05, 0.1) is 18.3 Å². The van der Waals surface area contributed by atoms with Gasteiger partial charge in [-0.15, -0.1) is 0 Å². The molecule has 2 aromatic heterocycles. The summed E-state index contributed by atoms with van der Waals surface area (Å²) in [4.78, 5) is 6.68. The van der Waals surface area contributed by atoms with Gasteiger partial charge in [0.25, 0.3) is 0 Å². The summed E-state index contributed by atoms with van der Waals surface area (Å²) in [5, 5.41) is 4.13. The summed E-state index contributed by atoms with van der Waals surface area (Å²) in [6, 6.07) is 17.8. The predicted molar refractivity (Wildman–Crippen MR) is 113 cm³/mol. The largest absolute Gasteiger partial charge is 0.494 e. The van der Waals surface area contributed by atoms with E-state index >= 15 is 0 Å². The molecule has 0 radical (unpaired) electrons. The lowest BCUT2D eigenvalue weighted by Crippen LogP contribution is -2.29. The first-order valence-electron chi connectivity index (χ1n) is 9.52. The van der Waals surface area contributed by atoms with Gasteiger partial charge in [-0.2, -0.15) is 0 Å². The second-order valence-corrected chi connectivity index (χ2v) is 6.96. The molecule has 3 heterocycles. The molecule has 1 N–H and O–H groups in total. The monoisotopic (exact) mass is 393 g/mol. The van der Waals surface area contributed by atoms with E-state index in [0.717, 1.165) is 40.2 Å². The van der Waals surface area contributed by atoms with Crippen LogP contribution in [0, 0.1) is 0 Å². The van der Waals surface area contributed by atoms with Crippen LogP contribution >= 0.6 is 12.2 Å². The number of pyridine rings is 1. The van der Waals surface area contributed by atoms with Crippen LogP contribution in [0.15, 0.2) is 65.2 Å². The van der Waals surface area contributed by atoms with Gasteiger partial charge in [-0.3, -0.25) is 4.98 Å². The first-order valence-corrected chi connectivity index (χ1v) is 9.93. The number of nitrogens with zero attached hydrogens (tertiary/aromatic N) is 2. The summed E-state index contributed by atoms with van der Waals surface area (Å²) in [7, 11) is 0. The minimum atomic E-state index is -0.0482. The Balaban J connectivity index is 1.65. The number of furan rings is 1. The van der Waals surface area contributed by atoms with E-state index in [-0.39, 0.29) is 12.1 Å². The molecule has 0 amide bonds. The minimum Gasteiger partial charge on any atom is -0.494 e. The van der Waals surface area contributed by atoms with E-state index in [1.807, 2.05) is 61.5 Å². The van der Waals surface area contributed by atoms with Crippen molar-refractivity contribution in [1.29, 1.82) is 0 Å². The molecule has 1 fully saturated rings. The summed E-state index contributed by atoms with van der Waals surface area (Å²) >= 11 is 5.56. The molecule has 4 rings (SSSR count). The van der Waals surface area contributed by atoms with Crippen LogP contribution in [-0.4, -0.2) is 28.1 Å². The van der Waals surface area contributed by atoms with E-state index in [1.54, 1.807) is 6.20 Å². The van der Waals surface area contributed by atoms with Crippen LogP contribution in [0.3, 0.4) is 0 Å². The third-order valence-electron chi connectivity index (χ3n) is 4.91. The van der Waals surface area contributed by atoms with Crippen molar-refractivity contribution in [3.8, 4) is 17.1 Å². The van der Waals surface area contributed by atoms with Gasteiger partial charge in [0, 0.05) is 18.3 Å². The van der Waals surface area contributed by atoms with Crippen molar-refractivity contribution < 1.29 is 9.15 Å². The third kappa shape index (κ3) is 3.47. The predicted octanol–water partition coefficient (Wildman–Crippen LogP) is 4.73. The quantitative estimate of drug-likeness (QED) is 0.611. The summed E-state index contributed by atoms with van der Waals surface area (Å²) in [6.07, 6.45) is 1.80. The highest BCUT2D eigenvalue weighted by Gasteiger charge is 2.40. The van der Waals surface area contributed by atoms with Gasteiger partial charge in [-0.05, 0) is 74.6 Å². The Labute approximate surface area is 170 Å². The second kappa shape index (κ2) is 8.02. The van der Waals surface area contributed by atoms with Gasteiger partial charge < -0.3 is 19.4 Å². The lowest BCUT2D eigenvalue weighted by Gasteiger charge is -2.24. The molecule has 1 saturated heterocycles. The molecule has 6 heteroatoms. The minimum absolute atomic E-state index is 0.0381. The molecule has 1 aliphatic rings. The molecular formula is C22H23N3O2S. The molecule has 144 valence electrons. The molecule has 0 aliphatic carbocycles. The number of aromatic nitrogens is 1. The Morgan fingerprint density at radius 2 is 1.93 bits per heavy atom. The smallest absolute Gasteiger partial charge is 0.170 e. The van der Waals surface area contributed by atoms with Gasteiger partial charge in [0.2, 0.25) is 0 Å². The van der Waals surface area contributed by atoms with Crippen molar-refractivity contribution in [3.63, 3.8) is 0 Å². The number of ether oxygens (including phenoxy) is 1. The fourth-order valence-corrected chi connectivity index (χ4v) is 3.97. The van der Waals surface area contributed by atoms with Crippen molar-refractivity contribution in [2.45, 2.75) is 25.9 Å². The average Bonchev–Trinajstić information content (AvgIpc) is 3.33. The Morgan fingerprint density at radius 3 is 2.61 bits per heavy atom. The summed E-state index contributed by atoms with van der Waals surface area (Å²) < 4.78 is 11.8. The number of hydrogen-bond donors (Lipinski definition) is 1. The number of rotatable bonds is 6. The summed E-state index contributed by atoms with van der Waals surface area (Å²) in [5.74, 6) is 2.55. The molecule has 2 unspecified atom stereocenters. The lowest BCUT2D eigenvalue weighted by atomic mass is 10.0. The third-order valence-corrected chi connectivity index (χ3v) is 5.26. The Kier molecular flexibility index (Phi) is 5.30. The van der Waals surface area contributed by atoms with Gasteiger partial charge in [0.15, 0.2) is 5.11 Å². The molecule has 5 nitrogen and oxygen atoms in total. The molecule has 0 saturated carbocycles. The molecule has 0 spiro atoms. The van der Waals surface area contributed by atoms with Crippen LogP contribution in [0.4, 0.5) is 0 Å². The van der Waals surface area contributed by atoms with E-state index in [0.29, 0.717) is 6.61 Å². The molecular weight excluding hydrogens is 370 g/mol. The highest BCUT2D eigenvalue weighted by molar-refractivity contribution is 7.80. The average molecular weight is 394 g/mol. The van der Waals surface area contributed by atoms with Gasteiger partial charge in [0.1, 0.15) is 23.3 Å². The van der Waals surface area contributed by atoms with Gasteiger partial charge >= 0.3 is 0 Å². The Morgan fingerprint density at radius 1 is 1.11 bits per heavy atom. The highest BCUT2D eigenvalue weighted by atomic mass is 32.1. The van der Waals surface area contributed by atoms with Gasteiger partial charge in [-0.1, -0.05) is 6.07 Å². The highest BCUT2D eigenvalue weighted by Crippen LogP contribution is 2.40. The number of nitrogens with one attached hydrogen (secondary N) is 1. The topological polar surface area (TPSA) is 50.5 Å². The molecule has 28 heavy (non-hydrogen) atoms. The van der Waals surface area contributed by atoms with E-state index in [4.69, 9.17) is 21.4 Å².